The second-order valence-electron chi connectivity index (χ2n) is 6.56. The van der Waals surface area contributed by atoms with Crippen molar-refractivity contribution < 1.29 is 4.52 Å². The highest BCUT2D eigenvalue weighted by atomic mass is 35.5. The van der Waals surface area contributed by atoms with Gasteiger partial charge in [-0.05, 0) is 31.4 Å². The van der Waals surface area contributed by atoms with Crippen LogP contribution in [-0.4, -0.2) is 39.2 Å². The Balaban J connectivity index is 1.35. The molecule has 0 atom stereocenters. The molecule has 1 N–H and O–H groups in total. The highest BCUT2D eigenvalue weighted by Crippen LogP contribution is 2.23. The van der Waals surface area contributed by atoms with Gasteiger partial charge in [-0.25, -0.2) is 9.97 Å². The van der Waals surface area contributed by atoms with Gasteiger partial charge >= 0.3 is 6.01 Å². The molecule has 0 unspecified atom stereocenters. The van der Waals surface area contributed by atoms with Gasteiger partial charge in [0.1, 0.15) is 12.1 Å². The number of piperidine rings is 1. The lowest BCUT2D eigenvalue weighted by Gasteiger charge is -2.32. The minimum atomic E-state index is 0.293. The van der Waals surface area contributed by atoms with Crippen LogP contribution < -0.4 is 10.2 Å². The molecule has 140 valence electrons. The molecule has 27 heavy (non-hydrogen) atoms. The molecule has 0 saturated carbocycles. The third kappa shape index (κ3) is 4.19. The molecular weight excluding hydrogens is 364 g/mol. The molecule has 1 aliphatic rings. The van der Waals surface area contributed by atoms with Crippen molar-refractivity contribution in [2.24, 2.45) is 0 Å². The van der Waals surface area contributed by atoms with Crippen molar-refractivity contribution in [1.29, 1.82) is 0 Å². The molecular formula is C19H21ClN6O. The molecule has 8 heteroatoms. The summed E-state index contributed by atoms with van der Waals surface area (Å²) in [6, 6.07) is 10.2. The summed E-state index contributed by atoms with van der Waals surface area (Å²) in [5, 5.41) is 8.04. The Bertz CT molecular complexity index is 906. The monoisotopic (exact) mass is 384 g/mol. The molecule has 1 aromatic carbocycles. The number of halogens is 1. The van der Waals surface area contributed by atoms with Crippen LogP contribution in [0.5, 0.6) is 0 Å². The maximum atomic E-state index is 6.02. The van der Waals surface area contributed by atoms with Crippen LogP contribution in [0, 0.1) is 0 Å². The fraction of sp³-hybridized carbons (Fsp3) is 0.368. The van der Waals surface area contributed by atoms with Crippen LogP contribution in [0.2, 0.25) is 5.02 Å². The van der Waals surface area contributed by atoms with E-state index in [1.54, 1.807) is 6.33 Å². The summed E-state index contributed by atoms with van der Waals surface area (Å²) >= 11 is 6.02. The summed E-state index contributed by atoms with van der Waals surface area (Å²) in [6.45, 7) is 3.95. The van der Waals surface area contributed by atoms with Gasteiger partial charge in [0.15, 0.2) is 0 Å². The second-order valence-corrected chi connectivity index (χ2v) is 7.00. The molecule has 2 aromatic heterocycles. The summed E-state index contributed by atoms with van der Waals surface area (Å²) in [4.78, 5) is 15.4. The number of hydrogen-bond acceptors (Lipinski definition) is 7. The zero-order valence-corrected chi connectivity index (χ0v) is 15.9. The molecule has 0 radical (unpaired) electrons. The average Bonchev–Trinajstić information content (AvgIpc) is 3.17. The predicted octanol–water partition coefficient (Wildman–Crippen LogP) is 3.82. The number of anilines is 2. The number of aromatic nitrogens is 4. The molecule has 4 rings (SSSR count). The Kier molecular flexibility index (Phi) is 5.20. The first-order chi connectivity index (χ1) is 13.2. The number of nitrogens with one attached hydrogen (secondary N) is 1. The Morgan fingerprint density at radius 2 is 2.07 bits per heavy atom. The third-order valence-corrected chi connectivity index (χ3v) is 4.96. The topological polar surface area (TPSA) is 80.0 Å². The van der Waals surface area contributed by atoms with E-state index in [0.29, 0.717) is 22.9 Å². The minimum Gasteiger partial charge on any atom is -0.356 e. The van der Waals surface area contributed by atoms with Crippen molar-refractivity contribution in [3.63, 3.8) is 0 Å². The Morgan fingerprint density at radius 1 is 1.22 bits per heavy atom. The smallest absolute Gasteiger partial charge is 0.322 e. The van der Waals surface area contributed by atoms with Gasteiger partial charge in [0.05, 0.1) is 0 Å². The highest BCUT2D eigenvalue weighted by Gasteiger charge is 2.22. The van der Waals surface area contributed by atoms with E-state index >= 15 is 0 Å². The van der Waals surface area contributed by atoms with Crippen molar-refractivity contribution >= 4 is 23.4 Å². The first kappa shape index (κ1) is 17.7. The molecule has 1 saturated heterocycles. The molecule has 0 aliphatic carbocycles. The zero-order valence-electron chi connectivity index (χ0n) is 15.1. The van der Waals surface area contributed by atoms with E-state index in [4.69, 9.17) is 16.1 Å². The molecule has 3 heterocycles. The fourth-order valence-corrected chi connectivity index (χ4v) is 3.40. The molecule has 0 amide bonds. The standard InChI is InChI=1S/C19H21ClN6O/c1-2-15-11-17(22-12-21-15)26-8-6-16(7-9-26)23-19-24-18(25-27-19)13-4-3-5-14(20)10-13/h3-5,10-12,16H,2,6-9H2,1H3,(H,23,24,25). The number of rotatable bonds is 5. The molecule has 1 fully saturated rings. The number of hydrogen-bond donors (Lipinski definition) is 1. The van der Waals surface area contributed by atoms with Crippen LogP contribution in [0.25, 0.3) is 11.4 Å². The van der Waals surface area contributed by atoms with Gasteiger partial charge in [0, 0.05) is 41.5 Å². The summed E-state index contributed by atoms with van der Waals surface area (Å²) in [6.07, 6.45) is 4.51. The molecule has 0 bridgehead atoms. The van der Waals surface area contributed by atoms with E-state index in [-0.39, 0.29) is 0 Å². The summed E-state index contributed by atoms with van der Waals surface area (Å²) in [5.41, 5.74) is 1.91. The Hall–Kier alpha value is -2.67. The summed E-state index contributed by atoms with van der Waals surface area (Å²) in [7, 11) is 0. The van der Waals surface area contributed by atoms with Crippen molar-refractivity contribution in [1.82, 2.24) is 20.1 Å². The van der Waals surface area contributed by atoms with E-state index in [1.165, 1.54) is 0 Å². The largest absolute Gasteiger partial charge is 0.356 e. The van der Waals surface area contributed by atoms with Crippen molar-refractivity contribution in [3.05, 3.63) is 47.4 Å². The van der Waals surface area contributed by atoms with Gasteiger partial charge in [-0.3, -0.25) is 0 Å². The second kappa shape index (κ2) is 7.92. The van der Waals surface area contributed by atoms with Crippen LogP contribution in [0.4, 0.5) is 11.8 Å². The summed E-state index contributed by atoms with van der Waals surface area (Å²) < 4.78 is 5.35. The van der Waals surface area contributed by atoms with Crippen LogP contribution in [0.3, 0.4) is 0 Å². The first-order valence-corrected chi connectivity index (χ1v) is 9.51. The van der Waals surface area contributed by atoms with Gasteiger partial charge in [-0.2, -0.15) is 4.98 Å². The van der Waals surface area contributed by atoms with Crippen LogP contribution in [0.1, 0.15) is 25.5 Å². The fourth-order valence-electron chi connectivity index (χ4n) is 3.21. The van der Waals surface area contributed by atoms with Crippen molar-refractivity contribution in [2.75, 3.05) is 23.3 Å². The van der Waals surface area contributed by atoms with Crippen molar-refractivity contribution in [3.8, 4) is 11.4 Å². The van der Waals surface area contributed by atoms with E-state index in [2.05, 4.69) is 43.3 Å². The maximum absolute atomic E-state index is 6.02. The minimum absolute atomic E-state index is 0.293. The third-order valence-electron chi connectivity index (χ3n) is 4.73. The molecule has 1 aliphatic heterocycles. The lowest BCUT2D eigenvalue weighted by atomic mass is 10.1. The quantitative estimate of drug-likeness (QED) is 0.716. The van der Waals surface area contributed by atoms with Gasteiger partial charge in [0.2, 0.25) is 5.82 Å². The maximum Gasteiger partial charge on any atom is 0.322 e. The van der Waals surface area contributed by atoms with Gasteiger partial charge < -0.3 is 14.7 Å². The molecule has 0 spiro atoms. The lowest BCUT2D eigenvalue weighted by Crippen LogP contribution is -2.39. The Labute approximate surface area is 162 Å². The van der Waals surface area contributed by atoms with Gasteiger partial charge in [0.25, 0.3) is 0 Å². The highest BCUT2D eigenvalue weighted by molar-refractivity contribution is 6.30. The predicted molar refractivity (Wildman–Crippen MR) is 105 cm³/mol. The number of nitrogens with zero attached hydrogens (tertiary/aromatic N) is 5. The van der Waals surface area contributed by atoms with E-state index in [0.717, 1.165) is 49.4 Å². The van der Waals surface area contributed by atoms with Crippen LogP contribution in [0.15, 0.2) is 41.2 Å². The Morgan fingerprint density at radius 3 is 2.85 bits per heavy atom. The normalized spacial score (nSPS) is 15.1. The van der Waals surface area contributed by atoms with E-state index in [9.17, 15) is 0 Å². The van der Waals surface area contributed by atoms with E-state index < -0.39 is 0 Å². The van der Waals surface area contributed by atoms with Gasteiger partial charge in [-0.1, -0.05) is 35.8 Å². The SMILES string of the molecule is CCc1cc(N2CCC(Nc3nc(-c4cccc(Cl)c4)no3)CC2)ncn1. The first-order valence-electron chi connectivity index (χ1n) is 9.13. The van der Waals surface area contributed by atoms with Crippen LogP contribution >= 0.6 is 11.6 Å². The van der Waals surface area contributed by atoms with Gasteiger partial charge in [-0.15, -0.1) is 0 Å². The number of benzene rings is 1. The lowest BCUT2D eigenvalue weighted by molar-refractivity contribution is 0.418. The summed E-state index contributed by atoms with van der Waals surface area (Å²) in [5.74, 6) is 1.53. The zero-order chi connectivity index (χ0) is 18.6. The van der Waals surface area contributed by atoms with Crippen molar-refractivity contribution in [2.45, 2.75) is 32.2 Å². The number of aryl methyl sites for hydroxylation is 1. The van der Waals surface area contributed by atoms with E-state index in [1.807, 2.05) is 24.3 Å². The average molecular weight is 385 g/mol. The molecule has 3 aromatic rings. The van der Waals surface area contributed by atoms with Crippen LogP contribution in [-0.2, 0) is 6.42 Å². The molecule has 7 nitrogen and oxygen atoms in total.